The highest BCUT2D eigenvalue weighted by atomic mass is 32.1. The molecule has 104 valence electrons. The molecule has 0 atom stereocenters. The van der Waals surface area contributed by atoms with Crippen LogP contribution in [0.1, 0.15) is 5.56 Å². The van der Waals surface area contributed by atoms with E-state index in [0.29, 0.717) is 5.69 Å². The lowest BCUT2D eigenvalue weighted by molar-refractivity contribution is -0.111. The summed E-state index contributed by atoms with van der Waals surface area (Å²) in [4.78, 5) is 11.9. The van der Waals surface area contributed by atoms with Crippen LogP contribution in [0.3, 0.4) is 0 Å². The summed E-state index contributed by atoms with van der Waals surface area (Å²) in [6, 6.07) is 9.24. The molecule has 1 N–H and O–H groups in total. The van der Waals surface area contributed by atoms with Gasteiger partial charge in [0.15, 0.2) is 0 Å². The largest absolute Gasteiger partial charge is 0.322 e. The van der Waals surface area contributed by atoms with Crippen LogP contribution in [0.5, 0.6) is 0 Å². The first kappa shape index (κ1) is 13.2. The molecule has 0 fully saturated rings. The first-order valence-corrected chi connectivity index (χ1v) is 7.10. The van der Waals surface area contributed by atoms with E-state index in [2.05, 4.69) is 20.8 Å². The Hall–Kier alpha value is -2.80. The van der Waals surface area contributed by atoms with E-state index in [4.69, 9.17) is 0 Å². The van der Waals surface area contributed by atoms with Crippen molar-refractivity contribution >= 4 is 29.0 Å². The van der Waals surface area contributed by atoms with Crippen LogP contribution in [0.25, 0.3) is 11.8 Å². The molecule has 3 aromatic rings. The van der Waals surface area contributed by atoms with E-state index in [9.17, 15) is 4.79 Å². The van der Waals surface area contributed by atoms with Gasteiger partial charge in [0.25, 0.3) is 0 Å². The molecule has 0 spiro atoms. The zero-order valence-electron chi connectivity index (χ0n) is 10.9. The molecule has 0 aliphatic heterocycles. The molecule has 7 heteroatoms. The van der Waals surface area contributed by atoms with Crippen LogP contribution in [-0.4, -0.2) is 26.1 Å². The molecule has 1 amide bonds. The highest BCUT2D eigenvalue weighted by Gasteiger charge is 2.02. The first-order valence-electron chi connectivity index (χ1n) is 6.16. The van der Waals surface area contributed by atoms with E-state index < -0.39 is 0 Å². The van der Waals surface area contributed by atoms with Gasteiger partial charge in [-0.2, -0.15) is 11.3 Å². The van der Waals surface area contributed by atoms with E-state index in [1.54, 1.807) is 23.5 Å². The lowest BCUT2D eigenvalue weighted by atomic mass is 10.2. The Balaban J connectivity index is 1.70. The van der Waals surface area contributed by atoms with Gasteiger partial charge in [0.2, 0.25) is 5.91 Å². The van der Waals surface area contributed by atoms with Crippen LogP contribution in [0.2, 0.25) is 0 Å². The normalized spacial score (nSPS) is 10.9. The summed E-state index contributed by atoms with van der Waals surface area (Å²) < 4.78 is 1.52. The molecular formula is C14H11N5OS. The highest BCUT2D eigenvalue weighted by molar-refractivity contribution is 7.08. The average molecular weight is 297 g/mol. The van der Waals surface area contributed by atoms with Crippen molar-refractivity contribution in [1.82, 2.24) is 20.2 Å². The van der Waals surface area contributed by atoms with Gasteiger partial charge in [0, 0.05) is 11.8 Å². The molecule has 6 nitrogen and oxygen atoms in total. The van der Waals surface area contributed by atoms with Crippen molar-refractivity contribution in [3.8, 4) is 5.69 Å². The molecule has 2 heterocycles. The summed E-state index contributed by atoms with van der Waals surface area (Å²) in [5, 5.41) is 17.7. The van der Waals surface area contributed by atoms with Crippen molar-refractivity contribution in [2.75, 3.05) is 5.32 Å². The maximum atomic E-state index is 11.9. The molecule has 0 aliphatic rings. The Kier molecular flexibility index (Phi) is 3.83. The molecule has 1 aromatic carbocycles. The van der Waals surface area contributed by atoms with E-state index in [0.717, 1.165) is 11.3 Å². The van der Waals surface area contributed by atoms with Crippen LogP contribution < -0.4 is 5.32 Å². The highest BCUT2D eigenvalue weighted by Crippen LogP contribution is 2.13. The molecular weight excluding hydrogens is 286 g/mol. The van der Waals surface area contributed by atoms with Crippen LogP contribution in [0.4, 0.5) is 5.69 Å². The summed E-state index contributed by atoms with van der Waals surface area (Å²) in [5.41, 5.74) is 2.47. The fourth-order valence-corrected chi connectivity index (χ4v) is 2.36. The summed E-state index contributed by atoms with van der Waals surface area (Å²) in [7, 11) is 0. The second-order valence-corrected chi connectivity index (χ2v) is 4.96. The number of rotatable bonds is 4. The van der Waals surface area contributed by atoms with Crippen molar-refractivity contribution in [3.05, 3.63) is 59.1 Å². The average Bonchev–Trinajstić information content (AvgIpc) is 3.19. The molecule has 3 rings (SSSR count). The Bertz CT molecular complexity index is 750. The van der Waals surface area contributed by atoms with Crippen molar-refractivity contribution < 1.29 is 4.79 Å². The summed E-state index contributed by atoms with van der Waals surface area (Å²) >= 11 is 1.59. The van der Waals surface area contributed by atoms with Crippen molar-refractivity contribution in [3.63, 3.8) is 0 Å². The molecule has 0 saturated heterocycles. The lowest BCUT2D eigenvalue weighted by Crippen LogP contribution is -2.08. The molecule has 0 saturated carbocycles. The monoisotopic (exact) mass is 297 g/mol. The van der Waals surface area contributed by atoms with Gasteiger partial charge in [0.1, 0.15) is 6.33 Å². The zero-order valence-corrected chi connectivity index (χ0v) is 11.7. The minimum Gasteiger partial charge on any atom is -0.322 e. The van der Waals surface area contributed by atoms with Gasteiger partial charge in [-0.25, -0.2) is 4.68 Å². The van der Waals surface area contributed by atoms with Gasteiger partial charge < -0.3 is 5.32 Å². The van der Waals surface area contributed by atoms with Crippen LogP contribution in [-0.2, 0) is 4.79 Å². The molecule has 0 bridgehead atoms. The third-order valence-electron chi connectivity index (χ3n) is 2.70. The van der Waals surface area contributed by atoms with Crippen molar-refractivity contribution in [1.29, 1.82) is 0 Å². The number of benzene rings is 1. The topological polar surface area (TPSA) is 72.7 Å². The fourth-order valence-electron chi connectivity index (χ4n) is 1.73. The number of anilines is 1. The maximum absolute atomic E-state index is 11.9. The smallest absolute Gasteiger partial charge is 0.248 e. The second-order valence-electron chi connectivity index (χ2n) is 4.18. The second kappa shape index (κ2) is 6.10. The minimum absolute atomic E-state index is 0.185. The van der Waals surface area contributed by atoms with Gasteiger partial charge in [0.05, 0.1) is 5.69 Å². The van der Waals surface area contributed by atoms with E-state index in [-0.39, 0.29) is 5.91 Å². The van der Waals surface area contributed by atoms with Crippen LogP contribution in [0, 0.1) is 0 Å². The number of tetrazole rings is 1. The zero-order chi connectivity index (χ0) is 14.5. The van der Waals surface area contributed by atoms with E-state index >= 15 is 0 Å². The standard InChI is InChI=1S/C14H11N5OS/c20-14(5-4-11-6-7-21-9-11)16-12-2-1-3-13(8-12)19-10-15-17-18-19/h1-10H,(H,16,20)/b5-4+. The Labute approximate surface area is 124 Å². The number of carbonyl (C=O) groups excluding carboxylic acids is 1. The van der Waals surface area contributed by atoms with Gasteiger partial charge >= 0.3 is 0 Å². The van der Waals surface area contributed by atoms with Gasteiger partial charge in [-0.3, -0.25) is 4.79 Å². The third kappa shape index (κ3) is 3.40. The number of amides is 1. The predicted octanol–water partition coefficient (Wildman–Crippen LogP) is 2.38. The summed E-state index contributed by atoms with van der Waals surface area (Å²) in [6.07, 6.45) is 4.78. The van der Waals surface area contributed by atoms with Gasteiger partial charge in [-0.15, -0.1) is 5.10 Å². The molecule has 0 aliphatic carbocycles. The Morgan fingerprint density at radius 3 is 3.05 bits per heavy atom. The molecule has 2 aromatic heterocycles. The van der Waals surface area contributed by atoms with Crippen molar-refractivity contribution in [2.45, 2.75) is 0 Å². The number of hydrogen-bond donors (Lipinski definition) is 1. The van der Waals surface area contributed by atoms with Crippen LogP contribution in [0.15, 0.2) is 53.5 Å². The number of hydrogen-bond acceptors (Lipinski definition) is 5. The SMILES string of the molecule is O=C(/C=C/c1ccsc1)Nc1cccc(-n2cnnn2)c1. The Morgan fingerprint density at radius 2 is 2.29 bits per heavy atom. The van der Waals surface area contributed by atoms with Crippen molar-refractivity contribution in [2.24, 2.45) is 0 Å². The van der Waals surface area contributed by atoms with Gasteiger partial charge in [-0.05, 0) is 57.1 Å². The summed E-state index contributed by atoms with van der Waals surface area (Å²) in [6.45, 7) is 0. The number of thiophene rings is 1. The lowest BCUT2D eigenvalue weighted by Gasteiger charge is -2.04. The van der Waals surface area contributed by atoms with E-state index in [1.807, 2.05) is 35.0 Å². The Morgan fingerprint density at radius 1 is 1.33 bits per heavy atom. The maximum Gasteiger partial charge on any atom is 0.248 e. The first-order chi connectivity index (χ1) is 10.3. The number of aromatic nitrogens is 4. The third-order valence-corrected chi connectivity index (χ3v) is 3.40. The fraction of sp³-hybridized carbons (Fsp3) is 0. The van der Waals surface area contributed by atoms with Gasteiger partial charge in [-0.1, -0.05) is 6.07 Å². The number of nitrogens with zero attached hydrogens (tertiary/aromatic N) is 4. The van der Waals surface area contributed by atoms with E-state index in [1.165, 1.54) is 17.1 Å². The quantitative estimate of drug-likeness (QED) is 0.750. The number of nitrogens with one attached hydrogen (secondary N) is 1. The molecule has 0 unspecified atom stereocenters. The summed E-state index contributed by atoms with van der Waals surface area (Å²) in [5.74, 6) is -0.185. The molecule has 21 heavy (non-hydrogen) atoms. The van der Waals surface area contributed by atoms with Crippen LogP contribution >= 0.6 is 11.3 Å². The number of carbonyl (C=O) groups is 1. The minimum atomic E-state index is -0.185. The molecule has 0 radical (unpaired) electrons. The predicted molar refractivity (Wildman–Crippen MR) is 81.1 cm³/mol.